The summed E-state index contributed by atoms with van der Waals surface area (Å²) in [6, 6.07) is -0.358. The predicted molar refractivity (Wildman–Crippen MR) is 77.8 cm³/mol. The van der Waals surface area contributed by atoms with Crippen molar-refractivity contribution in [3.8, 4) is 5.88 Å². The Hall–Kier alpha value is -1.06. The van der Waals surface area contributed by atoms with Gasteiger partial charge in [-0.3, -0.25) is 0 Å². The predicted octanol–water partition coefficient (Wildman–Crippen LogP) is 2.84. The van der Waals surface area contributed by atoms with Crippen LogP contribution in [0.25, 0.3) is 0 Å². The van der Waals surface area contributed by atoms with Crippen LogP contribution in [0.4, 0.5) is 13.2 Å². The Bertz CT molecular complexity index is 506. The van der Waals surface area contributed by atoms with Crippen molar-refractivity contribution < 1.29 is 22.5 Å². The van der Waals surface area contributed by atoms with Crippen LogP contribution in [0.5, 0.6) is 5.88 Å². The highest BCUT2D eigenvalue weighted by Crippen LogP contribution is 2.22. The van der Waals surface area contributed by atoms with Gasteiger partial charge in [0.2, 0.25) is 5.88 Å². The number of aromatic nitrogens is 2. The van der Waals surface area contributed by atoms with Gasteiger partial charge in [0.25, 0.3) is 0 Å². The van der Waals surface area contributed by atoms with Crippen LogP contribution in [0, 0.1) is 6.92 Å². The Balaban J connectivity index is 2.76. The van der Waals surface area contributed by atoms with Gasteiger partial charge >= 0.3 is 6.18 Å². The second kappa shape index (κ2) is 7.01. The number of ether oxygens (including phenoxy) is 1. The Kier molecular flexibility index (Phi) is 6.05. The molecule has 1 unspecified atom stereocenters. The third-order valence-electron chi connectivity index (χ3n) is 2.58. The second-order valence-corrected chi connectivity index (χ2v) is 7.81. The van der Waals surface area contributed by atoms with Gasteiger partial charge in [-0.25, -0.2) is 9.97 Å². The molecule has 0 saturated heterocycles. The molecular formula is C13H20F3N3O2S. The molecule has 126 valence electrons. The van der Waals surface area contributed by atoms with E-state index < -0.39 is 28.9 Å². The standard InChI is InChI=1S/C13H20F3N3O2S/c1-8(19-22(20)12(3,4)5)10-6-17-11(9(2)18-10)21-7-13(14,15)16/h6,8,19H,7H2,1-5H3/t8-,22?/m1/s1. The number of halogens is 3. The third-order valence-corrected chi connectivity index (χ3v) is 4.26. The van der Waals surface area contributed by atoms with E-state index in [9.17, 15) is 17.7 Å². The van der Waals surface area contributed by atoms with Crippen molar-refractivity contribution in [2.75, 3.05) is 6.61 Å². The molecule has 1 aromatic heterocycles. The minimum Gasteiger partial charge on any atom is -0.598 e. The maximum absolute atomic E-state index is 12.1. The van der Waals surface area contributed by atoms with E-state index in [0.29, 0.717) is 5.69 Å². The van der Waals surface area contributed by atoms with Crippen LogP contribution in [-0.2, 0) is 11.4 Å². The zero-order valence-electron chi connectivity index (χ0n) is 13.1. The molecule has 0 fully saturated rings. The zero-order chi connectivity index (χ0) is 17.1. The molecule has 1 aromatic rings. The van der Waals surface area contributed by atoms with Gasteiger partial charge in [0.15, 0.2) is 6.61 Å². The minimum absolute atomic E-state index is 0.162. The first kappa shape index (κ1) is 19.0. The highest BCUT2D eigenvalue weighted by atomic mass is 32.2. The summed E-state index contributed by atoms with van der Waals surface area (Å²) < 4.78 is 55.4. The summed E-state index contributed by atoms with van der Waals surface area (Å²) in [5, 5.41) is 0. The lowest BCUT2D eigenvalue weighted by Gasteiger charge is -2.26. The number of alkyl halides is 3. The molecule has 0 aliphatic carbocycles. The highest BCUT2D eigenvalue weighted by Gasteiger charge is 2.30. The Morgan fingerprint density at radius 2 is 1.95 bits per heavy atom. The molecule has 1 heterocycles. The lowest BCUT2D eigenvalue weighted by molar-refractivity contribution is -0.154. The van der Waals surface area contributed by atoms with Crippen molar-refractivity contribution in [3.63, 3.8) is 0 Å². The zero-order valence-corrected chi connectivity index (χ0v) is 13.9. The molecule has 0 saturated carbocycles. The fourth-order valence-electron chi connectivity index (χ4n) is 1.39. The molecule has 0 radical (unpaired) electrons. The van der Waals surface area contributed by atoms with Gasteiger partial charge < -0.3 is 9.29 Å². The van der Waals surface area contributed by atoms with Crippen molar-refractivity contribution in [1.82, 2.24) is 14.7 Å². The van der Waals surface area contributed by atoms with E-state index >= 15 is 0 Å². The van der Waals surface area contributed by atoms with E-state index in [0.717, 1.165) is 0 Å². The van der Waals surface area contributed by atoms with Crippen molar-refractivity contribution in [2.45, 2.75) is 51.6 Å². The third kappa shape index (κ3) is 5.98. The van der Waals surface area contributed by atoms with Gasteiger partial charge in [-0.2, -0.15) is 13.2 Å². The first-order valence-electron chi connectivity index (χ1n) is 6.61. The normalized spacial score (nSPS) is 15.5. The molecular weight excluding hydrogens is 319 g/mol. The molecule has 5 nitrogen and oxygen atoms in total. The molecule has 0 aliphatic heterocycles. The Morgan fingerprint density at radius 1 is 1.36 bits per heavy atom. The summed E-state index contributed by atoms with van der Waals surface area (Å²) in [7, 11) is 0. The molecule has 2 atom stereocenters. The minimum atomic E-state index is -4.43. The topological polar surface area (TPSA) is 70.1 Å². The smallest absolute Gasteiger partial charge is 0.422 e. The van der Waals surface area contributed by atoms with Gasteiger partial charge in [-0.15, -0.1) is 4.72 Å². The summed E-state index contributed by atoms with van der Waals surface area (Å²) in [5.74, 6) is -0.162. The molecule has 0 amide bonds. The average molecular weight is 339 g/mol. The van der Waals surface area contributed by atoms with E-state index in [1.165, 1.54) is 13.1 Å². The van der Waals surface area contributed by atoms with Crippen LogP contribution in [0.2, 0.25) is 0 Å². The number of rotatable bonds is 5. The van der Waals surface area contributed by atoms with Gasteiger partial charge in [0.1, 0.15) is 4.75 Å². The van der Waals surface area contributed by atoms with E-state index in [1.807, 2.05) is 20.8 Å². The lowest BCUT2D eigenvalue weighted by atomic mass is 10.2. The van der Waals surface area contributed by atoms with Gasteiger partial charge in [-0.1, -0.05) is 0 Å². The highest BCUT2D eigenvalue weighted by molar-refractivity contribution is 7.90. The fraction of sp³-hybridized carbons (Fsp3) is 0.692. The van der Waals surface area contributed by atoms with Gasteiger partial charge in [0, 0.05) is 11.4 Å². The molecule has 0 bridgehead atoms. The summed E-state index contributed by atoms with van der Waals surface area (Å²) in [6.45, 7) is 7.33. The molecule has 0 aliphatic rings. The molecule has 1 rings (SSSR count). The molecule has 0 spiro atoms. The first-order chi connectivity index (χ1) is 9.90. The number of hydrogen-bond acceptors (Lipinski definition) is 5. The maximum Gasteiger partial charge on any atom is 0.422 e. The Morgan fingerprint density at radius 3 is 2.41 bits per heavy atom. The van der Waals surface area contributed by atoms with E-state index in [-0.39, 0.29) is 17.6 Å². The van der Waals surface area contributed by atoms with Crippen LogP contribution in [0.3, 0.4) is 0 Å². The monoisotopic (exact) mass is 339 g/mol. The molecule has 9 heteroatoms. The van der Waals surface area contributed by atoms with E-state index in [1.54, 1.807) is 6.92 Å². The molecule has 22 heavy (non-hydrogen) atoms. The van der Waals surface area contributed by atoms with Crippen LogP contribution in [0.15, 0.2) is 6.20 Å². The van der Waals surface area contributed by atoms with Crippen LogP contribution >= 0.6 is 0 Å². The maximum atomic E-state index is 12.1. The van der Waals surface area contributed by atoms with Crippen LogP contribution in [0.1, 0.15) is 45.1 Å². The Labute approximate surface area is 131 Å². The van der Waals surface area contributed by atoms with E-state index in [4.69, 9.17) is 0 Å². The average Bonchev–Trinajstić information content (AvgIpc) is 2.34. The van der Waals surface area contributed by atoms with Crippen molar-refractivity contribution in [1.29, 1.82) is 0 Å². The number of nitrogens with one attached hydrogen (secondary N) is 1. The van der Waals surface area contributed by atoms with Crippen molar-refractivity contribution >= 4 is 11.4 Å². The summed E-state index contributed by atoms with van der Waals surface area (Å²) >= 11 is -1.29. The fourth-order valence-corrected chi connectivity index (χ4v) is 2.18. The quantitative estimate of drug-likeness (QED) is 0.836. The van der Waals surface area contributed by atoms with Crippen LogP contribution < -0.4 is 9.46 Å². The molecule has 1 N–H and O–H groups in total. The first-order valence-corrected chi connectivity index (χ1v) is 7.76. The van der Waals surface area contributed by atoms with Crippen molar-refractivity contribution in [3.05, 3.63) is 17.6 Å². The van der Waals surface area contributed by atoms with Crippen molar-refractivity contribution in [2.24, 2.45) is 0 Å². The largest absolute Gasteiger partial charge is 0.598 e. The SMILES string of the molecule is Cc1nc([C@@H](C)N[S+]([O-])C(C)(C)C)cnc1OCC(F)(F)F. The summed E-state index contributed by atoms with van der Waals surface area (Å²) in [5.41, 5.74) is 0.728. The second-order valence-electron chi connectivity index (χ2n) is 5.81. The number of hydrogen-bond donors (Lipinski definition) is 1. The number of aryl methyl sites for hydroxylation is 1. The van der Waals surface area contributed by atoms with Gasteiger partial charge in [0.05, 0.1) is 23.6 Å². The lowest BCUT2D eigenvalue weighted by Crippen LogP contribution is -2.40. The number of nitrogens with zero attached hydrogens (tertiary/aromatic N) is 2. The van der Waals surface area contributed by atoms with Crippen LogP contribution in [-0.4, -0.2) is 32.1 Å². The molecule has 0 aromatic carbocycles. The van der Waals surface area contributed by atoms with Gasteiger partial charge in [-0.05, 0) is 34.6 Å². The summed E-state index contributed by atoms with van der Waals surface area (Å²) in [6.07, 6.45) is -3.11. The summed E-state index contributed by atoms with van der Waals surface area (Å²) in [4.78, 5) is 8.01. The van der Waals surface area contributed by atoms with E-state index in [2.05, 4.69) is 19.4 Å².